The molecule has 0 saturated heterocycles. The summed E-state index contributed by atoms with van der Waals surface area (Å²) in [6, 6.07) is 13.3. The molecule has 0 saturated carbocycles. The van der Waals surface area contributed by atoms with Crippen LogP contribution in [0.5, 0.6) is 0 Å². The highest BCUT2D eigenvalue weighted by atomic mass is 35.5. The van der Waals surface area contributed by atoms with Gasteiger partial charge < -0.3 is 4.57 Å². The summed E-state index contributed by atoms with van der Waals surface area (Å²) in [6.45, 7) is 7.01. The van der Waals surface area contributed by atoms with Crippen LogP contribution in [0.3, 0.4) is 0 Å². The Hall–Kier alpha value is -2.15. The number of nitrogens with zero attached hydrogens (tertiary/aromatic N) is 3. The highest BCUT2D eigenvalue weighted by Gasteiger charge is 2.20. The van der Waals surface area contributed by atoms with Crippen molar-refractivity contribution in [1.82, 2.24) is 14.8 Å². The van der Waals surface area contributed by atoms with Crippen molar-refractivity contribution in [1.29, 1.82) is 0 Å². The maximum Gasteiger partial charge on any atom is 0.191 e. The number of benzene rings is 2. The molecule has 0 spiro atoms. The van der Waals surface area contributed by atoms with E-state index in [4.69, 9.17) is 11.6 Å². The molecule has 2 heterocycles. The number of aryl methyl sites for hydroxylation is 2. The Morgan fingerprint density at radius 3 is 2.57 bits per heavy atom. The Morgan fingerprint density at radius 2 is 1.87 bits per heavy atom. The summed E-state index contributed by atoms with van der Waals surface area (Å²) in [5.74, 6) is 0.935. The lowest BCUT2D eigenvalue weighted by molar-refractivity contribution is 0.617. The molecule has 4 aromatic rings. The predicted octanol–water partition coefficient (Wildman–Crippen LogP) is 7.40. The first kappa shape index (κ1) is 21.1. The zero-order valence-corrected chi connectivity index (χ0v) is 19.3. The molecule has 0 amide bonds. The van der Waals surface area contributed by atoms with Gasteiger partial charge in [-0.2, -0.15) is 0 Å². The van der Waals surface area contributed by atoms with Gasteiger partial charge in [-0.15, -0.1) is 21.5 Å². The minimum Gasteiger partial charge on any atom is -0.302 e. The number of hydrogen-bond donors (Lipinski definition) is 0. The zero-order valence-electron chi connectivity index (χ0n) is 16.9. The second kappa shape index (κ2) is 8.92. The van der Waals surface area contributed by atoms with E-state index in [1.807, 2.05) is 0 Å². The first-order valence-electron chi connectivity index (χ1n) is 9.64. The van der Waals surface area contributed by atoms with Crippen molar-refractivity contribution in [2.75, 3.05) is 0 Å². The van der Waals surface area contributed by atoms with Crippen molar-refractivity contribution in [2.24, 2.45) is 0 Å². The van der Waals surface area contributed by atoms with Gasteiger partial charge in [0.05, 0.1) is 0 Å². The van der Waals surface area contributed by atoms with E-state index < -0.39 is 0 Å². The molecule has 0 radical (unpaired) electrons. The van der Waals surface area contributed by atoms with Gasteiger partial charge >= 0.3 is 0 Å². The van der Waals surface area contributed by atoms with Crippen LogP contribution in [0.1, 0.15) is 22.9 Å². The van der Waals surface area contributed by atoms with Crippen molar-refractivity contribution < 1.29 is 4.39 Å². The zero-order chi connectivity index (χ0) is 21.3. The minimum atomic E-state index is -0.298. The SMILES string of the molecule is CCn1c(SCc2c(F)cccc2Cl)nnc1-c1csc(C)c1-c1ccc(C)cc1. The molecule has 0 atom stereocenters. The lowest BCUT2D eigenvalue weighted by atomic mass is 10.0. The quantitative estimate of drug-likeness (QED) is 0.283. The Balaban J connectivity index is 1.69. The van der Waals surface area contributed by atoms with Gasteiger partial charge in [-0.05, 0) is 38.5 Å². The highest BCUT2D eigenvalue weighted by molar-refractivity contribution is 7.98. The van der Waals surface area contributed by atoms with E-state index in [1.54, 1.807) is 23.5 Å². The lowest BCUT2D eigenvalue weighted by Crippen LogP contribution is -2.00. The van der Waals surface area contributed by atoms with Gasteiger partial charge in [0.2, 0.25) is 0 Å². The van der Waals surface area contributed by atoms with Crippen LogP contribution in [0.25, 0.3) is 22.5 Å². The second-order valence-corrected chi connectivity index (χ2v) is 9.42. The summed E-state index contributed by atoms with van der Waals surface area (Å²) in [5, 5.41) is 12.2. The van der Waals surface area contributed by atoms with E-state index >= 15 is 0 Å². The van der Waals surface area contributed by atoms with E-state index in [9.17, 15) is 4.39 Å². The number of thiophene rings is 1. The van der Waals surface area contributed by atoms with Gasteiger partial charge in [0.1, 0.15) is 5.82 Å². The Morgan fingerprint density at radius 1 is 1.10 bits per heavy atom. The fraction of sp³-hybridized carbons (Fsp3) is 0.217. The molecular weight excluding hydrogens is 437 g/mol. The third-order valence-electron chi connectivity index (χ3n) is 5.00. The molecule has 0 unspecified atom stereocenters. The van der Waals surface area contributed by atoms with Crippen LogP contribution < -0.4 is 0 Å². The van der Waals surface area contributed by atoms with Crippen LogP contribution in [0.4, 0.5) is 4.39 Å². The molecule has 4 rings (SSSR count). The standard InChI is InChI=1S/C23H21ClFN3S2/c1-4-28-22(18-13-29-15(3)21(18)16-10-8-14(2)9-11-16)26-27-23(28)30-12-17-19(24)6-5-7-20(17)25/h5-11,13H,4,12H2,1-3H3. The first-order valence-corrected chi connectivity index (χ1v) is 11.9. The molecule has 30 heavy (non-hydrogen) atoms. The van der Waals surface area contributed by atoms with Crippen LogP contribution in [-0.2, 0) is 12.3 Å². The van der Waals surface area contributed by atoms with Gasteiger partial charge in [0.15, 0.2) is 11.0 Å². The predicted molar refractivity (Wildman–Crippen MR) is 125 cm³/mol. The van der Waals surface area contributed by atoms with Crippen LogP contribution in [0.2, 0.25) is 5.02 Å². The molecule has 0 N–H and O–H groups in total. The first-order chi connectivity index (χ1) is 14.5. The molecule has 2 aromatic carbocycles. The van der Waals surface area contributed by atoms with Crippen LogP contribution >= 0.6 is 34.7 Å². The van der Waals surface area contributed by atoms with E-state index in [2.05, 4.69) is 65.2 Å². The maximum absolute atomic E-state index is 14.1. The number of rotatable bonds is 6. The van der Waals surface area contributed by atoms with Gasteiger partial charge in [0.25, 0.3) is 0 Å². The summed E-state index contributed by atoms with van der Waals surface area (Å²) < 4.78 is 16.2. The van der Waals surface area contributed by atoms with E-state index in [0.717, 1.165) is 23.1 Å². The van der Waals surface area contributed by atoms with E-state index in [1.165, 1.54) is 39.4 Å². The van der Waals surface area contributed by atoms with Gasteiger partial charge in [-0.3, -0.25) is 0 Å². The molecular formula is C23H21ClFN3S2. The topological polar surface area (TPSA) is 30.7 Å². The third kappa shape index (κ3) is 4.04. The molecule has 3 nitrogen and oxygen atoms in total. The molecule has 7 heteroatoms. The smallest absolute Gasteiger partial charge is 0.191 e. The molecule has 0 aliphatic rings. The Kier molecular flexibility index (Phi) is 6.27. The minimum absolute atomic E-state index is 0.298. The van der Waals surface area contributed by atoms with Crippen molar-refractivity contribution in [3.05, 3.63) is 74.7 Å². The third-order valence-corrected chi connectivity index (χ3v) is 7.26. The summed E-state index contributed by atoms with van der Waals surface area (Å²) in [7, 11) is 0. The second-order valence-electron chi connectivity index (χ2n) is 6.99. The lowest BCUT2D eigenvalue weighted by Gasteiger charge is -2.10. The normalized spacial score (nSPS) is 11.2. The van der Waals surface area contributed by atoms with Crippen molar-refractivity contribution >= 4 is 34.7 Å². The molecule has 0 aliphatic carbocycles. The largest absolute Gasteiger partial charge is 0.302 e. The number of halogens is 2. The van der Waals surface area contributed by atoms with Crippen LogP contribution in [-0.4, -0.2) is 14.8 Å². The molecule has 154 valence electrons. The summed E-state index contributed by atoms with van der Waals surface area (Å²) in [5.41, 5.74) is 5.16. The van der Waals surface area contributed by atoms with Gasteiger partial charge in [-0.1, -0.05) is 59.3 Å². The van der Waals surface area contributed by atoms with E-state index in [-0.39, 0.29) is 5.82 Å². The average molecular weight is 458 g/mol. The fourth-order valence-corrected chi connectivity index (χ4v) is 5.59. The van der Waals surface area contributed by atoms with Gasteiger partial charge in [-0.25, -0.2) is 4.39 Å². The van der Waals surface area contributed by atoms with Crippen LogP contribution in [0.15, 0.2) is 53.0 Å². The van der Waals surface area contributed by atoms with Crippen molar-refractivity contribution in [2.45, 2.75) is 38.2 Å². The Labute approximate surface area is 188 Å². The fourth-order valence-electron chi connectivity index (χ4n) is 3.39. The molecule has 0 aliphatic heterocycles. The van der Waals surface area contributed by atoms with Gasteiger partial charge in [0, 0.05) is 44.3 Å². The summed E-state index contributed by atoms with van der Waals surface area (Å²) in [4.78, 5) is 1.24. The Bertz CT molecular complexity index is 1160. The van der Waals surface area contributed by atoms with Crippen LogP contribution in [0, 0.1) is 19.7 Å². The number of aromatic nitrogens is 3. The number of thioether (sulfide) groups is 1. The highest BCUT2D eigenvalue weighted by Crippen LogP contribution is 2.39. The maximum atomic E-state index is 14.1. The van der Waals surface area contributed by atoms with Crippen molar-refractivity contribution in [3.8, 4) is 22.5 Å². The molecule has 0 bridgehead atoms. The van der Waals surface area contributed by atoms with Crippen molar-refractivity contribution in [3.63, 3.8) is 0 Å². The summed E-state index contributed by atoms with van der Waals surface area (Å²) >= 11 is 9.34. The number of hydrogen-bond acceptors (Lipinski definition) is 4. The molecule has 2 aromatic heterocycles. The van der Waals surface area contributed by atoms with E-state index in [0.29, 0.717) is 16.3 Å². The monoisotopic (exact) mass is 457 g/mol. The molecule has 0 fully saturated rings. The summed E-state index contributed by atoms with van der Waals surface area (Å²) in [6.07, 6.45) is 0. The average Bonchev–Trinajstić information content (AvgIpc) is 3.31.